The van der Waals surface area contributed by atoms with Crippen LogP contribution in [0.15, 0.2) is 42.5 Å². The number of carbonyl (C=O) groups excluding carboxylic acids is 2. The number of nitrogens with one attached hydrogen (secondary N) is 2. The van der Waals surface area contributed by atoms with Crippen molar-refractivity contribution in [3.63, 3.8) is 0 Å². The Morgan fingerprint density at radius 2 is 1.83 bits per heavy atom. The third-order valence-electron chi connectivity index (χ3n) is 6.50. The molecule has 0 unspecified atom stereocenters. The molecule has 5 nitrogen and oxygen atoms in total. The molecule has 0 spiro atoms. The van der Waals surface area contributed by atoms with E-state index in [-0.39, 0.29) is 28.3 Å². The van der Waals surface area contributed by atoms with E-state index in [1.54, 1.807) is 0 Å². The molecule has 1 saturated carbocycles. The van der Waals surface area contributed by atoms with Crippen LogP contribution >= 0.6 is 0 Å². The lowest BCUT2D eigenvalue weighted by atomic mass is 9.84. The van der Waals surface area contributed by atoms with Gasteiger partial charge in [0.2, 0.25) is 5.91 Å². The minimum atomic E-state index is -4.53. The van der Waals surface area contributed by atoms with Crippen molar-refractivity contribution in [2.45, 2.75) is 70.5 Å². The molecule has 190 valence electrons. The van der Waals surface area contributed by atoms with Crippen LogP contribution in [-0.2, 0) is 11.0 Å². The predicted octanol–water partition coefficient (Wildman–Crippen LogP) is 6.06. The number of phenolic OH excluding ortho intramolecular Hbond substituents is 1. The number of hydrogen-bond donors (Lipinski definition) is 3. The maximum Gasteiger partial charge on any atom is 0.416 e. The molecule has 1 aliphatic carbocycles. The molecule has 0 radical (unpaired) electrons. The average molecular weight is 491 g/mol. The van der Waals surface area contributed by atoms with Crippen molar-refractivity contribution < 1.29 is 27.9 Å². The van der Waals surface area contributed by atoms with E-state index >= 15 is 0 Å². The van der Waals surface area contributed by atoms with E-state index < -0.39 is 23.7 Å². The van der Waals surface area contributed by atoms with E-state index in [0.29, 0.717) is 18.9 Å². The molecular formula is C27H33F3N2O3. The summed E-state index contributed by atoms with van der Waals surface area (Å²) >= 11 is 0. The monoisotopic (exact) mass is 490 g/mol. The molecule has 3 rings (SSSR count). The Bertz CT molecular complexity index is 1020. The van der Waals surface area contributed by atoms with E-state index in [1.807, 2.05) is 6.92 Å². The van der Waals surface area contributed by atoms with Crippen LogP contribution in [0.4, 0.5) is 13.2 Å². The van der Waals surface area contributed by atoms with Crippen molar-refractivity contribution in [3.05, 3.63) is 53.6 Å². The third-order valence-corrected chi connectivity index (χ3v) is 6.50. The molecule has 2 amide bonds. The second kappa shape index (κ2) is 12.1. The SMILES string of the molecule is CCCCNC(=O)[C@H](CC1CCCCC1)NC(=O)c1ccc(O)c(-c2cccc(C(F)(F)F)c2)c1. The smallest absolute Gasteiger partial charge is 0.416 e. The van der Waals surface area contributed by atoms with Gasteiger partial charge in [-0.05, 0) is 54.7 Å². The fraction of sp³-hybridized carbons (Fsp3) is 0.481. The number of unbranched alkanes of at least 4 members (excludes halogenated alkanes) is 1. The predicted molar refractivity (Wildman–Crippen MR) is 129 cm³/mol. The number of carbonyl (C=O) groups is 2. The second-order valence-corrected chi connectivity index (χ2v) is 9.22. The number of benzene rings is 2. The zero-order valence-electron chi connectivity index (χ0n) is 20.0. The molecule has 1 aliphatic rings. The summed E-state index contributed by atoms with van der Waals surface area (Å²) < 4.78 is 39.4. The Morgan fingerprint density at radius 1 is 1.09 bits per heavy atom. The zero-order chi connectivity index (χ0) is 25.4. The Morgan fingerprint density at radius 3 is 2.51 bits per heavy atom. The number of hydrogen-bond acceptors (Lipinski definition) is 3. The van der Waals surface area contributed by atoms with Crippen molar-refractivity contribution >= 4 is 11.8 Å². The molecule has 1 atom stereocenters. The minimum Gasteiger partial charge on any atom is -0.507 e. The van der Waals surface area contributed by atoms with Crippen LogP contribution in [0.3, 0.4) is 0 Å². The standard InChI is InChI=1S/C27H33F3N2O3/c1-2-3-14-31-26(35)23(15-18-8-5-4-6-9-18)32-25(34)20-12-13-24(33)22(17-20)19-10-7-11-21(16-19)27(28,29)30/h7,10-13,16-18,23,33H,2-6,8-9,14-15H2,1H3,(H,31,35)(H,32,34)/t23-/m0/s1. The summed E-state index contributed by atoms with van der Waals surface area (Å²) in [5.74, 6) is -0.623. The molecule has 1 fully saturated rings. The van der Waals surface area contributed by atoms with Gasteiger partial charge in [0.1, 0.15) is 11.8 Å². The molecular weight excluding hydrogens is 457 g/mol. The van der Waals surface area contributed by atoms with Crippen LogP contribution < -0.4 is 10.6 Å². The number of halogens is 3. The second-order valence-electron chi connectivity index (χ2n) is 9.22. The fourth-order valence-electron chi connectivity index (χ4n) is 4.51. The van der Waals surface area contributed by atoms with Gasteiger partial charge >= 0.3 is 6.18 Å². The molecule has 2 aromatic carbocycles. The molecule has 2 aromatic rings. The highest BCUT2D eigenvalue weighted by atomic mass is 19.4. The quantitative estimate of drug-likeness (QED) is 0.374. The summed E-state index contributed by atoms with van der Waals surface area (Å²) in [5.41, 5.74) is -0.436. The van der Waals surface area contributed by atoms with Gasteiger partial charge in [-0.3, -0.25) is 9.59 Å². The van der Waals surface area contributed by atoms with Gasteiger partial charge in [0.15, 0.2) is 0 Å². The van der Waals surface area contributed by atoms with Gasteiger partial charge in [0.05, 0.1) is 5.56 Å². The largest absolute Gasteiger partial charge is 0.507 e. The van der Waals surface area contributed by atoms with Gasteiger partial charge in [0.25, 0.3) is 5.91 Å². The highest BCUT2D eigenvalue weighted by molar-refractivity contribution is 5.99. The molecule has 0 aromatic heterocycles. The number of amides is 2. The van der Waals surface area contributed by atoms with Crippen LogP contribution in [0.5, 0.6) is 5.75 Å². The first-order chi connectivity index (χ1) is 16.7. The first-order valence-electron chi connectivity index (χ1n) is 12.3. The van der Waals surface area contributed by atoms with Gasteiger partial charge in [0, 0.05) is 17.7 Å². The van der Waals surface area contributed by atoms with Crippen molar-refractivity contribution in [1.82, 2.24) is 10.6 Å². The summed E-state index contributed by atoms with van der Waals surface area (Å²) in [4.78, 5) is 26.0. The van der Waals surface area contributed by atoms with Crippen LogP contribution in [0, 0.1) is 5.92 Å². The van der Waals surface area contributed by atoms with Gasteiger partial charge in [-0.1, -0.05) is 57.6 Å². The van der Waals surface area contributed by atoms with E-state index in [9.17, 15) is 27.9 Å². The van der Waals surface area contributed by atoms with Crippen molar-refractivity contribution in [3.8, 4) is 16.9 Å². The lowest BCUT2D eigenvalue weighted by Gasteiger charge is -2.26. The molecule has 0 heterocycles. The zero-order valence-corrected chi connectivity index (χ0v) is 20.0. The molecule has 0 bridgehead atoms. The minimum absolute atomic E-state index is 0.111. The topological polar surface area (TPSA) is 78.4 Å². The normalized spacial score (nSPS) is 15.4. The molecule has 0 saturated heterocycles. The van der Waals surface area contributed by atoms with Crippen LogP contribution in [-0.4, -0.2) is 29.5 Å². The summed E-state index contributed by atoms with van der Waals surface area (Å²) in [6.45, 7) is 2.56. The summed E-state index contributed by atoms with van der Waals surface area (Å²) in [7, 11) is 0. The Labute approximate surface area is 204 Å². The van der Waals surface area contributed by atoms with Crippen molar-refractivity contribution in [1.29, 1.82) is 0 Å². The lowest BCUT2D eigenvalue weighted by Crippen LogP contribution is -2.48. The van der Waals surface area contributed by atoms with Gasteiger partial charge in [-0.25, -0.2) is 0 Å². The molecule has 3 N–H and O–H groups in total. The van der Waals surface area contributed by atoms with Gasteiger partial charge in [-0.15, -0.1) is 0 Å². The van der Waals surface area contributed by atoms with E-state index in [4.69, 9.17) is 0 Å². The lowest BCUT2D eigenvalue weighted by molar-refractivity contribution is -0.137. The summed E-state index contributed by atoms with van der Waals surface area (Å²) in [6, 6.07) is 7.91. The van der Waals surface area contributed by atoms with Crippen molar-refractivity contribution in [2.24, 2.45) is 5.92 Å². The molecule has 8 heteroatoms. The van der Waals surface area contributed by atoms with E-state index in [2.05, 4.69) is 10.6 Å². The van der Waals surface area contributed by atoms with Crippen LogP contribution in [0.1, 0.15) is 74.2 Å². The maximum atomic E-state index is 13.1. The first kappa shape index (κ1) is 26.6. The highest BCUT2D eigenvalue weighted by Crippen LogP contribution is 2.35. The fourth-order valence-corrected chi connectivity index (χ4v) is 4.51. The third kappa shape index (κ3) is 7.47. The maximum absolute atomic E-state index is 13.1. The Kier molecular flexibility index (Phi) is 9.18. The number of aromatic hydroxyl groups is 1. The highest BCUT2D eigenvalue weighted by Gasteiger charge is 2.31. The Balaban J connectivity index is 1.81. The van der Waals surface area contributed by atoms with Gasteiger partial charge in [-0.2, -0.15) is 13.2 Å². The van der Waals surface area contributed by atoms with Crippen LogP contribution in [0.2, 0.25) is 0 Å². The first-order valence-corrected chi connectivity index (χ1v) is 12.3. The summed E-state index contributed by atoms with van der Waals surface area (Å²) in [6.07, 6.45) is 3.24. The molecule has 35 heavy (non-hydrogen) atoms. The summed E-state index contributed by atoms with van der Waals surface area (Å²) in [5, 5.41) is 16.0. The number of rotatable bonds is 9. The Hall–Kier alpha value is -3.03. The molecule has 0 aliphatic heterocycles. The van der Waals surface area contributed by atoms with Crippen molar-refractivity contribution in [2.75, 3.05) is 6.54 Å². The van der Waals surface area contributed by atoms with E-state index in [1.165, 1.54) is 36.8 Å². The van der Waals surface area contributed by atoms with Crippen LogP contribution in [0.25, 0.3) is 11.1 Å². The van der Waals surface area contributed by atoms with Gasteiger partial charge < -0.3 is 15.7 Å². The average Bonchev–Trinajstić information content (AvgIpc) is 2.84. The number of phenols is 1. The van der Waals surface area contributed by atoms with E-state index in [0.717, 1.165) is 50.7 Å². The number of alkyl halides is 3.